The van der Waals surface area contributed by atoms with Crippen molar-refractivity contribution in [2.45, 2.75) is 58.2 Å². The third kappa shape index (κ3) is 6.71. The van der Waals surface area contributed by atoms with Gasteiger partial charge in [0.2, 0.25) is 0 Å². The van der Waals surface area contributed by atoms with E-state index in [-0.39, 0.29) is 11.5 Å². The van der Waals surface area contributed by atoms with Crippen LogP contribution in [-0.4, -0.2) is 13.2 Å². The van der Waals surface area contributed by atoms with Crippen molar-refractivity contribution in [2.75, 3.05) is 13.2 Å². The van der Waals surface area contributed by atoms with Crippen molar-refractivity contribution in [2.24, 2.45) is 5.92 Å². The van der Waals surface area contributed by atoms with E-state index in [0.717, 1.165) is 24.8 Å². The van der Waals surface area contributed by atoms with Crippen LogP contribution < -0.4 is 0 Å². The minimum Gasteiger partial charge on any atom is -0.348 e. The Morgan fingerprint density at radius 3 is 2.11 bits per heavy atom. The fourth-order valence-electron chi connectivity index (χ4n) is 4.68. The molecular weight excluding hydrogens is 473 g/mol. The number of benzene rings is 3. The first-order chi connectivity index (χ1) is 18.0. The summed E-state index contributed by atoms with van der Waals surface area (Å²) >= 11 is 0. The van der Waals surface area contributed by atoms with Crippen LogP contribution in [0.25, 0.3) is 22.3 Å². The molecule has 0 aliphatic carbocycles. The van der Waals surface area contributed by atoms with E-state index in [1.165, 1.54) is 25.3 Å². The van der Waals surface area contributed by atoms with Gasteiger partial charge in [0.1, 0.15) is 5.82 Å². The van der Waals surface area contributed by atoms with Gasteiger partial charge in [-0.05, 0) is 41.2 Å². The lowest BCUT2D eigenvalue weighted by Gasteiger charge is -2.28. The zero-order valence-corrected chi connectivity index (χ0v) is 21.4. The Morgan fingerprint density at radius 2 is 1.43 bits per heavy atom. The smallest absolute Gasteiger partial charge is 0.186 e. The maximum Gasteiger partial charge on any atom is 0.186 e. The molecule has 0 amide bonds. The van der Waals surface area contributed by atoms with Gasteiger partial charge in [0.15, 0.2) is 17.9 Å². The predicted molar refractivity (Wildman–Crippen MR) is 143 cm³/mol. The molecule has 0 N–H and O–H groups in total. The number of unbranched alkanes of at least 4 members (excludes halogenated alkanes) is 5. The Bertz CT molecular complexity index is 1180. The van der Waals surface area contributed by atoms with Crippen molar-refractivity contribution >= 4 is 0 Å². The third-order valence-corrected chi connectivity index (χ3v) is 7.00. The molecule has 3 aromatic carbocycles. The lowest BCUT2D eigenvalue weighted by molar-refractivity contribution is -0.198. The van der Waals surface area contributed by atoms with Gasteiger partial charge in [-0.2, -0.15) is 0 Å². The minimum atomic E-state index is -0.821. The van der Waals surface area contributed by atoms with Crippen molar-refractivity contribution in [3.05, 3.63) is 95.8 Å². The van der Waals surface area contributed by atoms with E-state index in [9.17, 15) is 13.2 Å². The lowest BCUT2D eigenvalue weighted by Crippen LogP contribution is -2.26. The first kappa shape index (κ1) is 27.2. The van der Waals surface area contributed by atoms with Gasteiger partial charge in [-0.1, -0.05) is 93.6 Å². The predicted octanol–water partition coefficient (Wildman–Crippen LogP) is 9.19. The summed E-state index contributed by atoms with van der Waals surface area (Å²) < 4.78 is 55.8. The fourth-order valence-corrected chi connectivity index (χ4v) is 4.68. The van der Waals surface area contributed by atoms with Crippen LogP contribution in [0.4, 0.5) is 13.2 Å². The van der Waals surface area contributed by atoms with Gasteiger partial charge in [0.25, 0.3) is 0 Å². The highest BCUT2D eigenvalue weighted by atomic mass is 19.2. The van der Waals surface area contributed by atoms with Crippen LogP contribution in [0.3, 0.4) is 0 Å². The van der Waals surface area contributed by atoms with E-state index in [1.54, 1.807) is 54.6 Å². The van der Waals surface area contributed by atoms with E-state index >= 15 is 0 Å². The molecule has 0 saturated carbocycles. The zero-order valence-electron chi connectivity index (χ0n) is 21.4. The number of aryl methyl sites for hydroxylation is 1. The average molecular weight is 509 g/mol. The SMILES string of the molecule is C=CC1COC(c2ccc(-c3ccc(-c4ccc(CCCCCCCC)c(F)c4F)cc3)cc2F)OC1. The van der Waals surface area contributed by atoms with Crippen molar-refractivity contribution in [3.63, 3.8) is 0 Å². The van der Waals surface area contributed by atoms with Gasteiger partial charge in [-0.15, -0.1) is 6.58 Å². The van der Waals surface area contributed by atoms with E-state index in [1.807, 2.05) is 0 Å². The highest BCUT2D eigenvalue weighted by molar-refractivity contribution is 5.71. The van der Waals surface area contributed by atoms with Crippen LogP contribution in [0, 0.1) is 23.4 Å². The van der Waals surface area contributed by atoms with Crippen molar-refractivity contribution in [1.29, 1.82) is 0 Å². The molecule has 4 rings (SSSR count). The first-order valence-electron chi connectivity index (χ1n) is 13.2. The minimum absolute atomic E-state index is 0.104. The van der Waals surface area contributed by atoms with Crippen LogP contribution in [0.1, 0.15) is 62.9 Å². The van der Waals surface area contributed by atoms with E-state index in [0.29, 0.717) is 41.9 Å². The van der Waals surface area contributed by atoms with Gasteiger partial charge >= 0.3 is 0 Å². The second-order valence-electron chi connectivity index (χ2n) is 9.73. The number of halogens is 3. The molecule has 0 unspecified atom stereocenters. The van der Waals surface area contributed by atoms with Crippen LogP contribution in [0.5, 0.6) is 0 Å². The van der Waals surface area contributed by atoms with Crippen LogP contribution in [-0.2, 0) is 15.9 Å². The summed E-state index contributed by atoms with van der Waals surface area (Å²) in [6, 6.07) is 15.3. The molecule has 1 saturated heterocycles. The van der Waals surface area contributed by atoms with Crippen molar-refractivity contribution in [3.8, 4) is 22.3 Å². The normalized spacial score (nSPS) is 17.6. The Hall–Kier alpha value is -2.89. The number of hydrogen-bond acceptors (Lipinski definition) is 2. The largest absolute Gasteiger partial charge is 0.348 e. The average Bonchev–Trinajstić information content (AvgIpc) is 2.93. The molecule has 1 fully saturated rings. The Labute approximate surface area is 218 Å². The van der Waals surface area contributed by atoms with Gasteiger partial charge < -0.3 is 9.47 Å². The Kier molecular flexibility index (Phi) is 9.59. The molecule has 196 valence electrons. The molecule has 0 bridgehead atoms. The van der Waals surface area contributed by atoms with Crippen LogP contribution in [0.2, 0.25) is 0 Å². The standard InChI is InChI=1S/C32H35F3O2/c1-3-5-6-7-8-9-10-25-15-17-27(31(35)30(25)34)24-13-11-23(12-14-24)26-16-18-28(29(33)19-26)32-36-20-22(4-2)21-37-32/h4,11-19,22,32H,2-3,5-10,20-21H2,1H3. The molecular formula is C32H35F3O2. The molecule has 2 nitrogen and oxygen atoms in total. The monoisotopic (exact) mass is 508 g/mol. The molecule has 0 radical (unpaired) electrons. The number of ether oxygens (including phenoxy) is 2. The summed E-state index contributed by atoms with van der Waals surface area (Å²) in [4.78, 5) is 0. The summed E-state index contributed by atoms with van der Waals surface area (Å²) in [7, 11) is 0. The molecule has 3 aromatic rings. The first-order valence-corrected chi connectivity index (χ1v) is 13.2. The van der Waals surface area contributed by atoms with Gasteiger partial charge in [0.05, 0.1) is 13.2 Å². The molecule has 0 spiro atoms. The highest BCUT2D eigenvalue weighted by Crippen LogP contribution is 2.32. The molecule has 0 aromatic heterocycles. The van der Waals surface area contributed by atoms with E-state index in [2.05, 4.69) is 13.5 Å². The van der Waals surface area contributed by atoms with E-state index < -0.39 is 23.7 Å². The lowest BCUT2D eigenvalue weighted by atomic mass is 9.97. The van der Waals surface area contributed by atoms with Gasteiger partial charge in [-0.25, -0.2) is 13.2 Å². The van der Waals surface area contributed by atoms with Crippen LogP contribution in [0.15, 0.2) is 67.3 Å². The fraction of sp³-hybridized carbons (Fsp3) is 0.375. The molecule has 37 heavy (non-hydrogen) atoms. The summed E-state index contributed by atoms with van der Waals surface area (Å²) in [5.74, 6) is -1.90. The van der Waals surface area contributed by atoms with Crippen molar-refractivity contribution < 1.29 is 22.6 Å². The second-order valence-corrected chi connectivity index (χ2v) is 9.73. The molecule has 1 heterocycles. The molecule has 5 heteroatoms. The van der Waals surface area contributed by atoms with E-state index in [4.69, 9.17) is 9.47 Å². The maximum atomic E-state index is 14.9. The zero-order chi connectivity index (χ0) is 26.2. The summed E-state index contributed by atoms with van der Waals surface area (Å²) in [6.45, 7) is 6.78. The third-order valence-electron chi connectivity index (χ3n) is 7.00. The highest BCUT2D eigenvalue weighted by Gasteiger charge is 2.24. The summed E-state index contributed by atoms with van der Waals surface area (Å²) in [5.41, 5.74) is 3.02. The van der Waals surface area contributed by atoms with Gasteiger partial charge in [-0.3, -0.25) is 0 Å². The maximum absolute atomic E-state index is 14.9. The van der Waals surface area contributed by atoms with Crippen molar-refractivity contribution in [1.82, 2.24) is 0 Å². The molecule has 1 aliphatic rings. The number of rotatable bonds is 11. The quantitative estimate of drug-likeness (QED) is 0.190. The molecule has 0 atom stereocenters. The molecule has 1 aliphatic heterocycles. The topological polar surface area (TPSA) is 18.5 Å². The summed E-state index contributed by atoms with van der Waals surface area (Å²) in [6.07, 6.45) is 8.19. The number of hydrogen-bond donors (Lipinski definition) is 0. The Morgan fingerprint density at radius 1 is 0.784 bits per heavy atom. The second kappa shape index (κ2) is 13.1. The summed E-state index contributed by atoms with van der Waals surface area (Å²) in [5, 5.41) is 0. The van der Waals surface area contributed by atoms with Gasteiger partial charge in [0, 0.05) is 17.0 Å². The Balaban J connectivity index is 1.42. The van der Waals surface area contributed by atoms with Crippen LogP contribution >= 0.6 is 0 Å².